The summed E-state index contributed by atoms with van der Waals surface area (Å²) in [7, 11) is 1.38. The number of ether oxygens (including phenoxy) is 2. The van der Waals surface area contributed by atoms with Crippen LogP contribution in [0.4, 0.5) is 4.39 Å². The van der Waals surface area contributed by atoms with Crippen molar-refractivity contribution in [2.24, 2.45) is 0 Å². The molecule has 6 nitrogen and oxygen atoms in total. The van der Waals surface area contributed by atoms with Crippen molar-refractivity contribution in [2.45, 2.75) is 31.9 Å². The summed E-state index contributed by atoms with van der Waals surface area (Å²) in [6.45, 7) is 1.00. The molecule has 1 atom stereocenters. The van der Waals surface area contributed by atoms with Crippen LogP contribution in [-0.2, 0) is 11.3 Å². The molecule has 1 aromatic carbocycles. The largest absolute Gasteiger partial charge is 0.494 e. The molecule has 2 heterocycles. The SMILES string of the molecule is COc1ccc(C(=O)NCc2cnc(C3CCCCO3)nc2)cc1F. The van der Waals surface area contributed by atoms with Crippen molar-refractivity contribution in [3.63, 3.8) is 0 Å². The van der Waals surface area contributed by atoms with Crippen LogP contribution in [0.15, 0.2) is 30.6 Å². The van der Waals surface area contributed by atoms with Crippen LogP contribution in [0.1, 0.15) is 47.1 Å². The molecule has 1 aliphatic heterocycles. The van der Waals surface area contributed by atoms with Gasteiger partial charge in [-0.25, -0.2) is 14.4 Å². The second-order valence-corrected chi connectivity index (χ2v) is 5.84. The second-order valence-electron chi connectivity index (χ2n) is 5.84. The fourth-order valence-electron chi connectivity index (χ4n) is 2.66. The van der Waals surface area contributed by atoms with Gasteiger partial charge in [0.05, 0.1) is 7.11 Å². The van der Waals surface area contributed by atoms with E-state index in [2.05, 4.69) is 15.3 Å². The molecule has 1 N–H and O–H groups in total. The molecule has 1 fully saturated rings. The molecule has 0 saturated carbocycles. The molecule has 1 unspecified atom stereocenters. The number of hydrogen-bond acceptors (Lipinski definition) is 5. The summed E-state index contributed by atoms with van der Waals surface area (Å²) in [5.41, 5.74) is 0.994. The summed E-state index contributed by atoms with van der Waals surface area (Å²) in [5, 5.41) is 2.72. The highest BCUT2D eigenvalue weighted by Crippen LogP contribution is 2.24. The van der Waals surface area contributed by atoms with E-state index in [-0.39, 0.29) is 29.9 Å². The normalized spacial score (nSPS) is 17.1. The topological polar surface area (TPSA) is 73.3 Å². The Hall–Kier alpha value is -2.54. The Morgan fingerprint density at radius 2 is 2.16 bits per heavy atom. The Balaban J connectivity index is 1.57. The van der Waals surface area contributed by atoms with E-state index < -0.39 is 5.82 Å². The molecular formula is C18H20FN3O3. The van der Waals surface area contributed by atoms with Crippen LogP contribution < -0.4 is 10.1 Å². The lowest BCUT2D eigenvalue weighted by atomic mass is 10.1. The van der Waals surface area contributed by atoms with Gasteiger partial charge in [0.25, 0.3) is 5.91 Å². The lowest BCUT2D eigenvalue weighted by molar-refractivity contribution is 0.00940. The third-order valence-corrected chi connectivity index (χ3v) is 4.06. The van der Waals surface area contributed by atoms with E-state index in [1.807, 2.05) is 0 Å². The summed E-state index contributed by atoms with van der Waals surface area (Å²) in [6.07, 6.45) is 6.43. The minimum absolute atomic E-state index is 0.0420. The maximum absolute atomic E-state index is 13.7. The number of carbonyl (C=O) groups excluding carboxylic acids is 1. The number of halogens is 1. The molecule has 25 heavy (non-hydrogen) atoms. The third-order valence-electron chi connectivity index (χ3n) is 4.06. The van der Waals surface area contributed by atoms with Crippen LogP contribution in [0.25, 0.3) is 0 Å². The molecule has 3 rings (SSSR count). The van der Waals surface area contributed by atoms with E-state index in [1.54, 1.807) is 12.4 Å². The van der Waals surface area contributed by atoms with Gasteiger partial charge in [0.15, 0.2) is 17.4 Å². The average Bonchev–Trinajstić information content (AvgIpc) is 2.67. The van der Waals surface area contributed by atoms with Crippen LogP contribution in [0.2, 0.25) is 0 Å². The van der Waals surface area contributed by atoms with Gasteiger partial charge >= 0.3 is 0 Å². The number of rotatable bonds is 5. The number of methoxy groups -OCH3 is 1. The van der Waals surface area contributed by atoms with Gasteiger partial charge in [0, 0.05) is 36.7 Å². The van der Waals surface area contributed by atoms with Crippen molar-refractivity contribution in [1.29, 1.82) is 0 Å². The van der Waals surface area contributed by atoms with Crippen LogP contribution >= 0.6 is 0 Å². The zero-order valence-corrected chi connectivity index (χ0v) is 14.0. The Morgan fingerprint density at radius 1 is 1.36 bits per heavy atom. The second kappa shape index (κ2) is 8.02. The van der Waals surface area contributed by atoms with E-state index >= 15 is 0 Å². The van der Waals surface area contributed by atoms with Crippen molar-refractivity contribution < 1.29 is 18.7 Å². The molecule has 0 radical (unpaired) electrons. The van der Waals surface area contributed by atoms with Crippen LogP contribution in [0.3, 0.4) is 0 Å². The summed E-state index contributed by atoms with van der Waals surface area (Å²) in [4.78, 5) is 20.8. The first-order valence-corrected chi connectivity index (χ1v) is 8.21. The third kappa shape index (κ3) is 4.30. The minimum Gasteiger partial charge on any atom is -0.494 e. The van der Waals surface area contributed by atoms with E-state index in [0.29, 0.717) is 5.82 Å². The van der Waals surface area contributed by atoms with E-state index in [4.69, 9.17) is 9.47 Å². The molecule has 0 bridgehead atoms. The van der Waals surface area contributed by atoms with Crippen molar-refractivity contribution >= 4 is 5.91 Å². The number of carbonyl (C=O) groups is 1. The average molecular weight is 345 g/mol. The Morgan fingerprint density at radius 3 is 2.80 bits per heavy atom. The van der Waals surface area contributed by atoms with Gasteiger partial charge in [-0.3, -0.25) is 4.79 Å². The summed E-state index contributed by atoms with van der Waals surface area (Å²) < 4.78 is 24.1. The van der Waals surface area contributed by atoms with Gasteiger partial charge in [-0.1, -0.05) is 0 Å². The van der Waals surface area contributed by atoms with E-state index in [0.717, 1.165) is 37.5 Å². The molecule has 0 spiro atoms. The highest BCUT2D eigenvalue weighted by atomic mass is 19.1. The van der Waals surface area contributed by atoms with E-state index in [9.17, 15) is 9.18 Å². The fourth-order valence-corrected chi connectivity index (χ4v) is 2.66. The predicted molar refractivity (Wildman–Crippen MR) is 88.7 cm³/mol. The number of aromatic nitrogens is 2. The van der Waals surface area contributed by atoms with Gasteiger partial charge < -0.3 is 14.8 Å². The lowest BCUT2D eigenvalue weighted by Gasteiger charge is -2.21. The Kier molecular flexibility index (Phi) is 5.55. The number of hydrogen-bond donors (Lipinski definition) is 1. The van der Waals surface area contributed by atoms with Crippen molar-refractivity contribution in [2.75, 3.05) is 13.7 Å². The summed E-state index contributed by atoms with van der Waals surface area (Å²) in [6, 6.07) is 4.08. The number of benzene rings is 1. The molecule has 1 amide bonds. The molecule has 1 aliphatic rings. The monoisotopic (exact) mass is 345 g/mol. The number of nitrogens with zero attached hydrogens (tertiary/aromatic N) is 2. The summed E-state index contributed by atoms with van der Waals surface area (Å²) in [5.74, 6) is -0.172. The first-order chi connectivity index (χ1) is 12.2. The maximum atomic E-state index is 13.7. The number of amides is 1. The first-order valence-electron chi connectivity index (χ1n) is 8.21. The Labute approximate surface area is 145 Å². The maximum Gasteiger partial charge on any atom is 0.251 e. The highest BCUT2D eigenvalue weighted by Gasteiger charge is 2.18. The standard InChI is InChI=1S/C18H20FN3O3/c1-24-15-6-5-13(8-14(15)19)18(23)22-11-12-9-20-17(21-10-12)16-4-2-3-7-25-16/h5-6,8-10,16H,2-4,7,11H2,1H3,(H,22,23). The van der Waals surface area contributed by atoms with Crippen molar-refractivity contribution in [3.05, 3.63) is 53.4 Å². The van der Waals surface area contributed by atoms with Crippen LogP contribution in [-0.4, -0.2) is 29.6 Å². The zero-order chi connectivity index (χ0) is 17.6. The van der Waals surface area contributed by atoms with Crippen LogP contribution in [0.5, 0.6) is 5.75 Å². The van der Waals surface area contributed by atoms with Gasteiger partial charge in [0.2, 0.25) is 0 Å². The molecule has 2 aromatic rings. The molecule has 0 aliphatic carbocycles. The molecule has 132 valence electrons. The Bertz CT molecular complexity index is 731. The minimum atomic E-state index is -0.574. The van der Waals surface area contributed by atoms with E-state index in [1.165, 1.54) is 19.2 Å². The fraction of sp³-hybridized carbons (Fsp3) is 0.389. The molecule has 1 saturated heterocycles. The quantitative estimate of drug-likeness (QED) is 0.902. The van der Waals surface area contributed by atoms with Gasteiger partial charge in [-0.15, -0.1) is 0 Å². The van der Waals surface area contributed by atoms with Gasteiger partial charge in [0.1, 0.15) is 6.10 Å². The number of nitrogens with one attached hydrogen (secondary N) is 1. The molecule has 1 aromatic heterocycles. The molecule has 7 heteroatoms. The van der Waals surface area contributed by atoms with Gasteiger partial charge in [-0.2, -0.15) is 0 Å². The van der Waals surface area contributed by atoms with Crippen molar-refractivity contribution in [1.82, 2.24) is 15.3 Å². The predicted octanol–water partition coefficient (Wildman–Crippen LogP) is 2.80. The van der Waals surface area contributed by atoms with Crippen molar-refractivity contribution in [3.8, 4) is 5.75 Å². The smallest absolute Gasteiger partial charge is 0.251 e. The zero-order valence-electron chi connectivity index (χ0n) is 14.0. The summed E-state index contributed by atoms with van der Waals surface area (Å²) >= 11 is 0. The molecular weight excluding hydrogens is 325 g/mol. The van der Waals surface area contributed by atoms with Gasteiger partial charge in [-0.05, 0) is 37.5 Å². The highest BCUT2D eigenvalue weighted by molar-refractivity contribution is 5.94. The lowest BCUT2D eigenvalue weighted by Crippen LogP contribution is -2.23. The van der Waals surface area contributed by atoms with Crippen LogP contribution in [0, 0.1) is 5.82 Å². The first kappa shape index (κ1) is 17.3.